The van der Waals surface area contributed by atoms with Crippen molar-refractivity contribution in [3.05, 3.63) is 35.9 Å². The number of carbonyl (C=O) groups excluding carboxylic acids is 2. The Kier molecular flexibility index (Phi) is 8.29. The Hall–Kier alpha value is -2.37. The molecule has 2 atom stereocenters. The molecule has 1 aliphatic heterocycles. The van der Waals surface area contributed by atoms with Crippen LogP contribution in [-0.2, 0) is 20.8 Å². The average Bonchev–Trinajstić information content (AvgIpc) is 3.25. The van der Waals surface area contributed by atoms with Crippen molar-refractivity contribution in [2.24, 2.45) is 5.92 Å². The molecule has 1 aliphatic carbocycles. The zero-order valence-electron chi connectivity index (χ0n) is 17.7. The van der Waals surface area contributed by atoms with Crippen LogP contribution in [0.1, 0.15) is 69.8 Å². The lowest BCUT2D eigenvalue weighted by Gasteiger charge is -2.26. The average molecular weight is 415 g/mol. The lowest BCUT2D eigenvalue weighted by Crippen LogP contribution is -2.51. The molecule has 1 heterocycles. The number of carboxylic acid groups (broad SMARTS) is 1. The van der Waals surface area contributed by atoms with Crippen LogP contribution in [0, 0.1) is 5.92 Å². The second kappa shape index (κ2) is 11.1. The third kappa shape index (κ3) is 6.31. The summed E-state index contributed by atoms with van der Waals surface area (Å²) in [7, 11) is 0. The van der Waals surface area contributed by atoms with Gasteiger partial charge in [0.25, 0.3) is 0 Å². The lowest BCUT2D eigenvalue weighted by atomic mass is 9.86. The summed E-state index contributed by atoms with van der Waals surface area (Å²) >= 11 is 0. The smallest absolute Gasteiger partial charge is 0.326 e. The molecule has 0 unspecified atom stereocenters. The predicted octanol–water partition coefficient (Wildman–Crippen LogP) is 3.54. The highest BCUT2D eigenvalue weighted by molar-refractivity contribution is 5.91. The van der Waals surface area contributed by atoms with Crippen LogP contribution in [0.15, 0.2) is 30.3 Å². The molecule has 2 N–H and O–H groups in total. The van der Waals surface area contributed by atoms with Gasteiger partial charge in [0, 0.05) is 19.4 Å². The zero-order chi connectivity index (χ0) is 21.3. The molecule has 0 bridgehead atoms. The molecule has 1 aromatic rings. The number of benzene rings is 1. The SMILES string of the molecule is O=C(O)[C@H](Cc1ccccc1)NC(=O)[C@@H]1CCCN1C(=O)CCCC1CCCCC1. The molecule has 6 nitrogen and oxygen atoms in total. The predicted molar refractivity (Wildman–Crippen MR) is 115 cm³/mol. The Morgan fingerprint density at radius 3 is 2.47 bits per heavy atom. The first-order valence-electron chi connectivity index (χ1n) is 11.4. The van der Waals surface area contributed by atoms with Gasteiger partial charge in [0.1, 0.15) is 12.1 Å². The quantitative estimate of drug-likeness (QED) is 0.647. The summed E-state index contributed by atoms with van der Waals surface area (Å²) < 4.78 is 0. The van der Waals surface area contributed by atoms with Gasteiger partial charge in [0.2, 0.25) is 11.8 Å². The standard InChI is InChI=1S/C24H34N2O4/c27-22(15-7-13-18-9-3-1-4-10-18)26-16-8-14-21(26)23(28)25-20(24(29)30)17-19-11-5-2-6-12-19/h2,5-6,11-12,18,20-21H,1,3-4,7-10,13-17H2,(H,25,28)(H,29,30)/t20-,21-/m0/s1. The van der Waals surface area contributed by atoms with E-state index in [1.54, 1.807) is 4.90 Å². The molecular formula is C24H34N2O4. The third-order valence-electron chi connectivity index (χ3n) is 6.50. The number of nitrogens with zero attached hydrogens (tertiary/aromatic N) is 1. The number of aliphatic carboxylic acids is 1. The van der Waals surface area contributed by atoms with Gasteiger partial charge >= 0.3 is 5.97 Å². The van der Waals surface area contributed by atoms with E-state index in [4.69, 9.17) is 0 Å². The molecule has 1 saturated carbocycles. The molecule has 30 heavy (non-hydrogen) atoms. The van der Waals surface area contributed by atoms with Crippen LogP contribution in [-0.4, -0.2) is 46.4 Å². The highest BCUT2D eigenvalue weighted by Crippen LogP contribution is 2.28. The maximum Gasteiger partial charge on any atom is 0.326 e. The molecular weight excluding hydrogens is 380 g/mol. The third-order valence-corrected chi connectivity index (χ3v) is 6.50. The number of nitrogens with one attached hydrogen (secondary N) is 1. The summed E-state index contributed by atoms with van der Waals surface area (Å²) in [5.41, 5.74) is 0.854. The summed E-state index contributed by atoms with van der Waals surface area (Å²) in [5.74, 6) is -0.635. The number of hydrogen-bond acceptors (Lipinski definition) is 3. The number of amides is 2. The highest BCUT2D eigenvalue weighted by Gasteiger charge is 2.35. The molecule has 2 aliphatic rings. The van der Waals surface area contributed by atoms with E-state index in [2.05, 4.69) is 5.32 Å². The topological polar surface area (TPSA) is 86.7 Å². The Labute approximate surface area is 179 Å². The summed E-state index contributed by atoms with van der Waals surface area (Å²) in [6.45, 7) is 0.580. The van der Waals surface area contributed by atoms with E-state index in [-0.39, 0.29) is 18.2 Å². The lowest BCUT2D eigenvalue weighted by molar-refractivity contribution is -0.143. The van der Waals surface area contributed by atoms with Crippen molar-refractivity contribution in [1.29, 1.82) is 0 Å². The van der Waals surface area contributed by atoms with E-state index in [0.717, 1.165) is 30.7 Å². The van der Waals surface area contributed by atoms with Gasteiger partial charge in [0.05, 0.1) is 0 Å². The molecule has 1 saturated heterocycles. The first kappa shape index (κ1) is 22.3. The maximum atomic E-state index is 12.8. The fourth-order valence-electron chi connectivity index (χ4n) is 4.82. The number of likely N-dealkylation sites (tertiary alicyclic amines) is 1. The van der Waals surface area contributed by atoms with Crippen molar-refractivity contribution in [3.63, 3.8) is 0 Å². The van der Waals surface area contributed by atoms with Gasteiger partial charge < -0.3 is 15.3 Å². The molecule has 0 spiro atoms. The van der Waals surface area contributed by atoms with E-state index >= 15 is 0 Å². The van der Waals surface area contributed by atoms with Gasteiger partial charge in [-0.05, 0) is 37.2 Å². The van der Waals surface area contributed by atoms with E-state index < -0.39 is 18.1 Å². The minimum Gasteiger partial charge on any atom is -0.480 e. The van der Waals surface area contributed by atoms with Crippen LogP contribution < -0.4 is 5.32 Å². The van der Waals surface area contributed by atoms with E-state index in [0.29, 0.717) is 19.4 Å². The first-order valence-corrected chi connectivity index (χ1v) is 11.4. The second-order valence-electron chi connectivity index (χ2n) is 8.73. The van der Waals surface area contributed by atoms with E-state index in [1.807, 2.05) is 30.3 Å². The van der Waals surface area contributed by atoms with Crippen molar-refractivity contribution in [2.75, 3.05) is 6.54 Å². The Morgan fingerprint density at radius 1 is 1.03 bits per heavy atom. The van der Waals surface area contributed by atoms with Gasteiger partial charge in [-0.1, -0.05) is 62.4 Å². The minimum absolute atomic E-state index is 0.0263. The number of rotatable bonds is 9. The number of carbonyl (C=O) groups is 3. The van der Waals surface area contributed by atoms with Crippen molar-refractivity contribution < 1.29 is 19.5 Å². The van der Waals surface area contributed by atoms with E-state index in [9.17, 15) is 19.5 Å². The van der Waals surface area contributed by atoms with Gasteiger partial charge in [-0.15, -0.1) is 0 Å². The molecule has 0 radical (unpaired) electrons. The fraction of sp³-hybridized carbons (Fsp3) is 0.625. The molecule has 1 aromatic carbocycles. The highest BCUT2D eigenvalue weighted by atomic mass is 16.4. The summed E-state index contributed by atoms with van der Waals surface area (Å²) in [4.78, 5) is 38.9. The van der Waals surface area contributed by atoms with Gasteiger partial charge in [-0.3, -0.25) is 9.59 Å². The van der Waals surface area contributed by atoms with Gasteiger partial charge in [0.15, 0.2) is 0 Å². The van der Waals surface area contributed by atoms with Gasteiger partial charge in [-0.2, -0.15) is 0 Å². The molecule has 6 heteroatoms. The second-order valence-corrected chi connectivity index (χ2v) is 8.73. The van der Waals surface area contributed by atoms with Crippen molar-refractivity contribution in [1.82, 2.24) is 10.2 Å². The molecule has 0 aromatic heterocycles. The van der Waals surface area contributed by atoms with Crippen LogP contribution in [0.3, 0.4) is 0 Å². The summed E-state index contributed by atoms with van der Waals surface area (Å²) in [6.07, 6.45) is 10.6. The molecule has 2 fully saturated rings. The van der Waals surface area contributed by atoms with Crippen LogP contribution in [0.5, 0.6) is 0 Å². The van der Waals surface area contributed by atoms with Crippen LogP contribution >= 0.6 is 0 Å². The number of hydrogen-bond donors (Lipinski definition) is 2. The largest absolute Gasteiger partial charge is 0.480 e. The minimum atomic E-state index is -1.06. The van der Waals surface area contributed by atoms with Crippen molar-refractivity contribution in [3.8, 4) is 0 Å². The van der Waals surface area contributed by atoms with Crippen LogP contribution in [0.2, 0.25) is 0 Å². The first-order chi connectivity index (χ1) is 14.5. The Bertz CT molecular complexity index is 715. The Morgan fingerprint density at radius 2 is 1.77 bits per heavy atom. The van der Waals surface area contributed by atoms with Crippen LogP contribution in [0.4, 0.5) is 0 Å². The van der Waals surface area contributed by atoms with Crippen LogP contribution in [0.25, 0.3) is 0 Å². The van der Waals surface area contributed by atoms with E-state index in [1.165, 1.54) is 32.1 Å². The van der Waals surface area contributed by atoms with Gasteiger partial charge in [-0.25, -0.2) is 4.79 Å². The molecule has 2 amide bonds. The molecule has 3 rings (SSSR count). The van der Waals surface area contributed by atoms with Crippen molar-refractivity contribution >= 4 is 17.8 Å². The summed E-state index contributed by atoms with van der Waals surface area (Å²) in [5, 5.41) is 12.2. The monoisotopic (exact) mass is 414 g/mol. The summed E-state index contributed by atoms with van der Waals surface area (Å²) in [6, 6.07) is 7.71. The normalized spacial score (nSPS) is 20.7. The molecule has 164 valence electrons. The Balaban J connectivity index is 1.50. The maximum absolute atomic E-state index is 12.8. The number of carboxylic acids is 1. The zero-order valence-corrected chi connectivity index (χ0v) is 17.7. The fourth-order valence-corrected chi connectivity index (χ4v) is 4.82. The van der Waals surface area contributed by atoms with Crippen molar-refractivity contribution in [2.45, 2.75) is 82.7 Å².